The quantitative estimate of drug-likeness (QED) is 0.369. The number of rotatable bonds is 4. The number of benzene rings is 1. The van der Waals surface area contributed by atoms with Gasteiger partial charge in [-0.1, -0.05) is 44.2 Å². The lowest BCUT2D eigenvalue weighted by atomic mass is 9.37. The van der Waals surface area contributed by atoms with Gasteiger partial charge in [0, 0.05) is 17.4 Å². The number of nitro groups is 1. The van der Waals surface area contributed by atoms with E-state index in [9.17, 15) is 10.1 Å². The molecule has 0 amide bonds. The van der Waals surface area contributed by atoms with Crippen molar-refractivity contribution < 1.29 is 14.2 Å². The monoisotopic (exact) mass is 385 g/mol. The van der Waals surface area contributed by atoms with Gasteiger partial charge in [-0.2, -0.15) is 0 Å². The van der Waals surface area contributed by atoms with Crippen LogP contribution in [0.15, 0.2) is 24.3 Å². The minimum atomic E-state index is -0.332. The summed E-state index contributed by atoms with van der Waals surface area (Å²) in [6.07, 6.45) is 8.55. The number of hydrogen-bond acceptors (Lipinski definition) is 4. The summed E-state index contributed by atoms with van der Waals surface area (Å²) in [4.78, 5) is 10.6. The predicted molar refractivity (Wildman–Crippen MR) is 110 cm³/mol. The van der Waals surface area contributed by atoms with Gasteiger partial charge in [-0.25, -0.2) is 0 Å². The van der Waals surface area contributed by atoms with Crippen LogP contribution < -0.4 is 0 Å². The van der Waals surface area contributed by atoms with E-state index >= 15 is 0 Å². The lowest BCUT2D eigenvalue weighted by molar-refractivity contribution is -0.384. The molecule has 6 heteroatoms. The van der Waals surface area contributed by atoms with Gasteiger partial charge in [-0.05, 0) is 57.9 Å². The third kappa shape index (κ3) is 3.19. The minimum Gasteiger partial charge on any atom is -0.403 e. The third-order valence-corrected chi connectivity index (χ3v) is 7.97. The van der Waals surface area contributed by atoms with Gasteiger partial charge in [0.15, 0.2) is 0 Å². The van der Waals surface area contributed by atoms with Crippen LogP contribution in [-0.2, 0) is 9.31 Å². The normalized spacial score (nSPS) is 32.1. The molecule has 1 saturated heterocycles. The Kier molecular flexibility index (Phi) is 4.86. The first-order chi connectivity index (χ1) is 13.1. The van der Waals surface area contributed by atoms with Crippen molar-refractivity contribution in [3.8, 4) is 0 Å². The highest BCUT2D eigenvalue weighted by Gasteiger charge is 2.65. The molecule has 0 N–H and O–H groups in total. The van der Waals surface area contributed by atoms with Crippen molar-refractivity contribution in [3.05, 3.63) is 39.9 Å². The van der Waals surface area contributed by atoms with Gasteiger partial charge in [-0.3, -0.25) is 10.1 Å². The first kappa shape index (κ1) is 19.9. The maximum absolute atomic E-state index is 10.9. The number of non-ortho nitro benzene ring substituents is 1. The van der Waals surface area contributed by atoms with Crippen LogP contribution in [0.1, 0.15) is 84.1 Å². The lowest BCUT2D eigenvalue weighted by Crippen LogP contribution is -2.49. The summed E-state index contributed by atoms with van der Waals surface area (Å²) in [5.74, 6) is 1.08. The van der Waals surface area contributed by atoms with E-state index in [1.807, 2.05) is 12.1 Å². The van der Waals surface area contributed by atoms with Crippen LogP contribution in [0.2, 0.25) is 5.31 Å². The van der Waals surface area contributed by atoms with Gasteiger partial charge >= 0.3 is 7.12 Å². The highest BCUT2D eigenvalue weighted by Crippen LogP contribution is 2.67. The van der Waals surface area contributed by atoms with Crippen molar-refractivity contribution in [1.82, 2.24) is 0 Å². The Hall–Kier alpha value is -1.40. The van der Waals surface area contributed by atoms with Crippen LogP contribution in [0.3, 0.4) is 0 Å². The Morgan fingerprint density at radius 1 is 0.964 bits per heavy atom. The van der Waals surface area contributed by atoms with Crippen LogP contribution in [0.25, 0.3) is 0 Å². The fraction of sp³-hybridized carbons (Fsp3) is 0.727. The Balaban J connectivity index is 1.56. The molecule has 0 atom stereocenters. The van der Waals surface area contributed by atoms with E-state index in [1.165, 1.54) is 37.7 Å². The molecular formula is C22H32BNO4. The van der Waals surface area contributed by atoms with Gasteiger partial charge in [-0.15, -0.1) is 0 Å². The molecule has 3 fully saturated rings. The van der Waals surface area contributed by atoms with E-state index in [-0.39, 0.29) is 34.2 Å². The molecule has 0 spiro atoms. The van der Waals surface area contributed by atoms with Crippen molar-refractivity contribution in [3.63, 3.8) is 0 Å². The van der Waals surface area contributed by atoms with Gasteiger partial charge in [0.25, 0.3) is 5.69 Å². The SMILES string of the molecule is CC1(C)OB(C2(C3CCCCC3)CC(c3ccc([N+](=O)[O-])cc3)C2)OC1(C)C. The molecule has 0 radical (unpaired) electrons. The van der Waals surface area contributed by atoms with E-state index in [4.69, 9.17) is 9.31 Å². The summed E-state index contributed by atoms with van der Waals surface area (Å²) in [5.41, 5.74) is 0.747. The molecule has 1 aliphatic heterocycles. The van der Waals surface area contributed by atoms with Crippen LogP contribution in [0.4, 0.5) is 5.69 Å². The average Bonchev–Trinajstić information content (AvgIpc) is 2.83. The second kappa shape index (κ2) is 6.84. The second-order valence-electron chi connectivity index (χ2n) is 10.1. The van der Waals surface area contributed by atoms with Crippen LogP contribution in [0.5, 0.6) is 0 Å². The topological polar surface area (TPSA) is 61.6 Å². The molecular weight excluding hydrogens is 353 g/mol. The number of nitrogens with zero attached hydrogens (tertiary/aromatic N) is 1. The maximum atomic E-state index is 10.9. The van der Waals surface area contributed by atoms with Gasteiger partial charge < -0.3 is 9.31 Å². The molecule has 2 aliphatic carbocycles. The third-order valence-electron chi connectivity index (χ3n) is 7.97. The Morgan fingerprint density at radius 2 is 1.50 bits per heavy atom. The molecule has 1 aromatic carbocycles. The van der Waals surface area contributed by atoms with Gasteiger partial charge in [0.2, 0.25) is 0 Å². The minimum absolute atomic E-state index is 0.0674. The lowest BCUT2D eigenvalue weighted by Gasteiger charge is -2.54. The molecule has 1 aromatic rings. The summed E-state index contributed by atoms with van der Waals surface area (Å²) >= 11 is 0. The predicted octanol–water partition coefficient (Wildman–Crippen LogP) is 5.89. The molecule has 1 heterocycles. The Labute approximate surface area is 168 Å². The van der Waals surface area contributed by atoms with Crippen molar-refractivity contribution in [2.24, 2.45) is 5.92 Å². The molecule has 0 unspecified atom stereocenters. The van der Waals surface area contributed by atoms with Crippen molar-refractivity contribution in [1.29, 1.82) is 0 Å². The summed E-state index contributed by atoms with van der Waals surface area (Å²) < 4.78 is 13.1. The van der Waals surface area contributed by atoms with Crippen LogP contribution in [-0.4, -0.2) is 23.2 Å². The first-order valence-electron chi connectivity index (χ1n) is 10.7. The smallest absolute Gasteiger partial charge is 0.403 e. The maximum Gasteiger partial charge on any atom is 0.464 e. The fourth-order valence-corrected chi connectivity index (χ4v) is 5.44. The first-order valence-corrected chi connectivity index (χ1v) is 10.7. The standard InChI is InChI=1S/C22H32BNO4/c1-20(2)21(3,4)28-23(27-20)22(18-8-6-5-7-9-18)14-17(15-22)16-10-12-19(13-11-16)24(25)26/h10-13,17-18H,5-9,14-15H2,1-4H3. The molecule has 5 nitrogen and oxygen atoms in total. The summed E-state index contributed by atoms with van der Waals surface area (Å²) in [6, 6.07) is 7.12. The highest BCUT2D eigenvalue weighted by atomic mass is 16.7. The van der Waals surface area contributed by atoms with E-state index in [0.29, 0.717) is 11.8 Å². The summed E-state index contributed by atoms with van der Waals surface area (Å²) in [5, 5.41) is 11.0. The van der Waals surface area contributed by atoms with Gasteiger partial charge in [0.05, 0.1) is 16.1 Å². The molecule has 4 rings (SSSR count). The highest BCUT2D eigenvalue weighted by molar-refractivity contribution is 6.50. The zero-order chi connectivity index (χ0) is 20.2. The van der Waals surface area contributed by atoms with Crippen LogP contribution >= 0.6 is 0 Å². The fourth-order valence-electron chi connectivity index (χ4n) is 5.44. The van der Waals surface area contributed by atoms with E-state index in [2.05, 4.69) is 27.7 Å². The van der Waals surface area contributed by atoms with Crippen LogP contribution in [0, 0.1) is 16.0 Å². The molecule has 152 valence electrons. The van der Waals surface area contributed by atoms with E-state index < -0.39 is 0 Å². The van der Waals surface area contributed by atoms with E-state index in [0.717, 1.165) is 12.8 Å². The summed E-state index contributed by atoms with van der Waals surface area (Å²) in [6.45, 7) is 8.53. The van der Waals surface area contributed by atoms with Crippen molar-refractivity contribution in [2.45, 2.75) is 95.1 Å². The molecule has 0 aromatic heterocycles. The van der Waals surface area contributed by atoms with E-state index in [1.54, 1.807) is 12.1 Å². The number of hydrogen-bond donors (Lipinski definition) is 0. The number of nitro benzene ring substituents is 1. The van der Waals surface area contributed by atoms with Gasteiger partial charge in [0.1, 0.15) is 0 Å². The second-order valence-corrected chi connectivity index (χ2v) is 10.1. The zero-order valence-electron chi connectivity index (χ0n) is 17.6. The molecule has 28 heavy (non-hydrogen) atoms. The molecule has 2 saturated carbocycles. The largest absolute Gasteiger partial charge is 0.464 e. The average molecular weight is 385 g/mol. The van der Waals surface area contributed by atoms with Crippen molar-refractivity contribution >= 4 is 12.8 Å². The Morgan fingerprint density at radius 3 is 2.00 bits per heavy atom. The Bertz CT molecular complexity index is 717. The summed E-state index contributed by atoms with van der Waals surface area (Å²) in [7, 11) is -0.158. The zero-order valence-corrected chi connectivity index (χ0v) is 17.6. The van der Waals surface area contributed by atoms with Crippen molar-refractivity contribution in [2.75, 3.05) is 0 Å². The molecule has 3 aliphatic rings. The molecule has 0 bridgehead atoms.